The van der Waals surface area contributed by atoms with E-state index >= 15 is 0 Å². The van der Waals surface area contributed by atoms with Crippen molar-refractivity contribution < 1.29 is 18.7 Å². The molecule has 2 unspecified atom stereocenters. The molecule has 2 aromatic rings. The molecule has 1 amide bonds. The maximum absolute atomic E-state index is 15.0. The highest BCUT2D eigenvalue weighted by molar-refractivity contribution is 5.97. The van der Waals surface area contributed by atoms with Crippen molar-refractivity contribution in [1.82, 2.24) is 5.32 Å². The van der Waals surface area contributed by atoms with Crippen LogP contribution in [-0.4, -0.2) is 31.4 Å². The van der Waals surface area contributed by atoms with E-state index in [2.05, 4.69) is 31.4 Å². The first kappa shape index (κ1) is 23.9. The molecule has 0 aromatic heterocycles. The van der Waals surface area contributed by atoms with E-state index in [0.29, 0.717) is 22.6 Å². The fourth-order valence-corrected chi connectivity index (χ4v) is 4.72. The molecule has 1 aliphatic heterocycles. The smallest absolute Gasteiger partial charge is 0.241 e. The molecule has 3 rings (SSSR count). The Labute approximate surface area is 189 Å². The van der Waals surface area contributed by atoms with Gasteiger partial charge in [0, 0.05) is 17.5 Å². The quantitative estimate of drug-likeness (QED) is 0.614. The van der Waals surface area contributed by atoms with Gasteiger partial charge in [0.05, 0.1) is 18.8 Å². The van der Waals surface area contributed by atoms with Crippen molar-refractivity contribution in [2.24, 2.45) is 11.3 Å². The molecule has 1 fully saturated rings. The zero-order valence-electron chi connectivity index (χ0n) is 19.7. The molecule has 0 bridgehead atoms. The van der Waals surface area contributed by atoms with Crippen LogP contribution >= 0.6 is 0 Å². The van der Waals surface area contributed by atoms with Crippen molar-refractivity contribution in [1.29, 1.82) is 0 Å². The summed E-state index contributed by atoms with van der Waals surface area (Å²) in [7, 11) is 1.49. The molecule has 0 saturated carbocycles. The third-order valence-corrected chi connectivity index (χ3v) is 6.17. The van der Waals surface area contributed by atoms with Crippen LogP contribution in [0.15, 0.2) is 36.4 Å². The number of carbonyl (C=O) groups excluding carboxylic acids is 2. The van der Waals surface area contributed by atoms with Gasteiger partial charge in [-0.05, 0) is 60.1 Å². The number of methoxy groups -OCH3 is 1. The van der Waals surface area contributed by atoms with Gasteiger partial charge < -0.3 is 15.4 Å². The maximum atomic E-state index is 15.0. The summed E-state index contributed by atoms with van der Waals surface area (Å²) in [5.74, 6) is -0.274. The largest absolute Gasteiger partial charge is 0.495 e. The van der Waals surface area contributed by atoms with Crippen molar-refractivity contribution in [3.05, 3.63) is 58.9 Å². The summed E-state index contributed by atoms with van der Waals surface area (Å²) in [6, 6.07) is 9.66. The predicted octanol–water partition coefficient (Wildman–Crippen LogP) is 5.09. The first-order chi connectivity index (χ1) is 15.0. The lowest BCUT2D eigenvalue weighted by Crippen LogP contribution is -2.42. The molecule has 1 aliphatic rings. The Morgan fingerprint density at radius 2 is 1.94 bits per heavy atom. The van der Waals surface area contributed by atoms with E-state index in [1.165, 1.54) is 7.11 Å². The van der Waals surface area contributed by atoms with Gasteiger partial charge in [0.25, 0.3) is 0 Å². The number of aryl methyl sites for hydroxylation is 1. The number of hydrogen-bond acceptors (Lipinski definition) is 4. The molecule has 0 aliphatic carbocycles. The van der Waals surface area contributed by atoms with E-state index in [1.54, 1.807) is 24.3 Å². The fourth-order valence-electron chi connectivity index (χ4n) is 4.72. The Balaban J connectivity index is 1.90. The topological polar surface area (TPSA) is 67.4 Å². The minimum atomic E-state index is -0.497. The van der Waals surface area contributed by atoms with Gasteiger partial charge >= 0.3 is 0 Å². The Bertz CT molecular complexity index is 999. The van der Waals surface area contributed by atoms with E-state index in [9.17, 15) is 14.0 Å². The number of rotatable bonds is 6. The highest BCUT2D eigenvalue weighted by atomic mass is 19.1. The fraction of sp³-hybridized carbons (Fsp3) is 0.462. The molecule has 6 heteroatoms. The molecular weight excluding hydrogens is 407 g/mol. The first-order valence-corrected chi connectivity index (χ1v) is 11.0. The SMILES string of the molecule is COc1cc(C=O)ccc1NC(=O)C1N[C@H](CC(C)(C)C)C(c2ccc(C)cc2F)[C@@H]1C. The van der Waals surface area contributed by atoms with Crippen molar-refractivity contribution in [2.75, 3.05) is 12.4 Å². The van der Waals surface area contributed by atoms with Crippen molar-refractivity contribution in [3.8, 4) is 5.75 Å². The molecule has 1 saturated heterocycles. The summed E-state index contributed by atoms with van der Waals surface area (Å²) in [5, 5.41) is 6.42. The lowest BCUT2D eigenvalue weighted by Gasteiger charge is -2.29. The van der Waals surface area contributed by atoms with Crippen molar-refractivity contribution >= 4 is 17.9 Å². The molecule has 2 N–H and O–H groups in total. The summed E-state index contributed by atoms with van der Waals surface area (Å²) >= 11 is 0. The van der Waals surface area contributed by atoms with Crippen LogP contribution in [0.2, 0.25) is 0 Å². The number of aldehydes is 1. The molecule has 2 aromatic carbocycles. The van der Waals surface area contributed by atoms with E-state index in [-0.39, 0.29) is 35.0 Å². The average molecular weight is 441 g/mol. The minimum Gasteiger partial charge on any atom is -0.495 e. The molecule has 0 spiro atoms. The first-order valence-electron chi connectivity index (χ1n) is 11.0. The summed E-state index contributed by atoms with van der Waals surface area (Å²) in [5.41, 5.74) is 2.49. The minimum absolute atomic E-state index is 0.00998. The summed E-state index contributed by atoms with van der Waals surface area (Å²) in [4.78, 5) is 24.3. The normalized spacial score (nSPS) is 23.1. The van der Waals surface area contributed by atoms with Crippen molar-refractivity contribution in [3.63, 3.8) is 0 Å². The summed E-state index contributed by atoms with van der Waals surface area (Å²) < 4.78 is 20.3. The Kier molecular flexibility index (Phi) is 7.03. The summed E-state index contributed by atoms with van der Waals surface area (Å²) in [6.45, 7) is 10.3. The van der Waals surface area contributed by atoms with Crippen molar-refractivity contribution in [2.45, 2.75) is 59.0 Å². The van der Waals surface area contributed by atoms with E-state index in [1.807, 2.05) is 26.0 Å². The van der Waals surface area contributed by atoms with Crippen LogP contribution in [0.5, 0.6) is 5.75 Å². The van der Waals surface area contributed by atoms with Gasteiger partial charge in [-0.15, -0.1) is 0 Å². The Hall–Kier alpha value is -2.73. The molecule has 32 heavy (non-hydrogen) atoms. The number of anilines is 1. The van der Waals surface area contributed by atoms with E-state index in [4.69, 9.17) is 4.74 Å². The van der Waals surface area contributed by atoms with Crippen LogP contribution < -0.4 is 15.4 Å². The van der Waals surface area contributed by atoms with Gasteiger partial charge in [-0.2, -0.15) is 0 Å². The maximum Gasteiger partial charge on any atom is 0.241 e. The number of carbonyl (C=O) groups is 2. The van der Waals surface area contributed by atoms with Crippen LogP contribution in [0.1, 0.15) is 61.5 Å². The molecular formula is C26H33FN2O3. The molecule has 172 valence electrons. The second kappa shape index (κ2) is 9.41. The summed E-state index contributed by atoms with van der Waals surface area (Å²) in [6.07, 6.45) is 1.53. The highest BCUT2D eigenvalue weighted by Gasteiger charge is 2.46. The third kappa shape index (κ3) is 5.18. The van der Waals surface area contributed by atoms with Gasteiger partial charge in [0.15, 0.2) is 0 Å². The Morgan fingerprint density at radius 3 is 2.53 bits per heavy atom. The zero-order valence-corrected chi connectivity index (χ0v) is 19.7. The van der Waals surface area contributed by atoms with Gasteiger partial charge in [-0.25, -0.2) is 4.39 Å². The van der Waals surface area contributed by atoms with E-state index < -0.39 is 6.04 Å². The predicted molar refractivity (Wildman–Crippen MR) is 125 cm³/mol. The van der Waals surface area contributed by atoms with Gasteiger partial charge in [-0.1, -0.05) is 39.8 Å². The Morgan fingerprint density at radius 1 is 1.22 bits per heavy atom. The van der Waals surface area contributed by atoms with Crippen LogP contribution in [0.3, 0.4) is 0 Å². The molecule has 1 heterocycles. The van der Waals surface area contributed by atoms with Gasteiger partial charge in [0.1, 0.15) is 17.9 Å². The number of halogens is 1. The van der Waals surface area contributed by atoms with Gasteiger partial charge in [-0.3, -0.25) is 9.59 Å². The lowest BCUT2D eigenvalue weighted by molar-refractivity contribution is -0.118. The number of amides is 1. The van der Waals surface area contributed by atoms with Crippen LogP contribution in [0.25, 0.3) is 0 Å². The number of benzene rings is 2. The monoisotopic (exact) mass is 440 g/mol. The van der Waals surface area contributed by atoms with Crippen LogP contribution in [0, 0.1) is 24.1 Å². The number of ether oxygens (including phenoxy) is 1. The standard InChI is InChI=1S/C26H33FN2O3/c1-15-7-9-18(19(27)11-15)23-16(2)24(28-21(23)13-26(3,4)5)25(31)29-20-10-8-17(14-30)12-22(20)32-6/h7-12,14,16,21,23-24,28H,13H2,1-6H3,(H,29,31)/t16-,21+,23?,24?/m0/s1. The lowest BCUT2D eigenvalue weighted by atomic mass is 9.77. The van der Waals surface area contributed by atoms with Crippen LogP contribution in [0.4, 0.5) is 10.1 Å². The highest BCUT2D eigenvalue weighted by Crippen LogP contribution is 2.42. The number of hydrogen-bond donors (Lipinski definition) is 2. The third-order valence-electron chi connectivity index (χ3n) is 6.17. The number of nitrogens with one attached hydrogen (secondary N) is 2. The second-order valence-corrected chi connectivity index (χ2v) is 9.99. The van der Waals surface area contributed by atoms with Crippen LogP contribution in [-0.2, 0) is 4.79 Å². The average Bonchev–Trinajstić information content (AvgIpc) is 3.02. The molecule has 5 nitrogen and oxygen atoms in total. The van der Waals surface area contributed by atoms with E-state index in [0.717, 1.165) is 18.3 Å². The molecule has 4 atom stereocenters. The molecule has 0 radical (unpaired) electrons. The second-order valence-electron chi connectivity index (χ2n) is 9.99. The van der Waals surface area contributed by atoms with Gasteiger partial charge in [0.2, 0.25) is 5.91 Å². The zero-order chi connectivity index (χ0) is 23.6.